The second kappa shape index (κ2) is 8.13. The lowest BCUT2D eigenvalue weighted by Crippen LogP contribution is -2.23. The number of halogens is 1. The minimum absolute atomic E-state index is 0.111. The summed E-state index contributed by atoms with van der Waals surface area (Å²) in [4.78, 5) is 16.7. The van der Waals surface area contributed by atoms with Crippen molar-refractivity contribution in [2.45, 2.75) is 26.3 Å². The summed E-state index contributed by atoms with van der Waals surface area (Å²) in [5.41, 5.74) is 3.53. The highest BCUT2D eigenvalue weighted by molar-refractivity contribution is 9.10. The summed E-state index contributed by atoms with van der Waals surface area (Å²) in [6, 6.07) is 19.0. The Kier molecular flexibility index (Phi) is 5.40. The molecule has 7 heteroatoms. The SMILES string of the molecule is CC(C)c1ccc(-c2ccc(=O)n(Cc3nc(-c4ccc(Br)cc4)no3)n2)cc1. The lowest BCUT2D eigenvalue weighted by molar-refractivity contribution is 0.363. The van der Waals surface area contributed by atoms with Crippen LogP contribution in [0.1, 0.15) is 31.2 Å². The van der Waals surface area contributed by atoms with Gasteiger partial charge in [-0.15, -0.1) is 0 Å². The third-order valence-corrected chi connectivity index (χ3v) is 5.12. The van der Waals surface area contributed by atoms with Crippen LogP contribution in [0.15, 0.2) is 74.5 Å². The first-order chi connectivity index (χ1) is 14.0. The van der Waals surface area contributed by atoms with E-state index in [9.17, 15) is 4.79 Å². The van der Waals surface area contributed by atoms with Crippen LogP contribution in [-0.2, 0) is 6.54 Å². The van der Waals surface area contributed by atoms with Crippen molar-refractivity contribution >= 4 is 15.9 Å². The van der Waals surface area contributed by atoms with Gasteiger partial charge in [0, 0.05) is 21.7 Å². The van der Waals surface area contributed by atoms with E-state index in [-0.39, 0.29) is 12.1 Å². The molecule has 0 radical (unpaired) electrons. The first kappa shape index (κ1) is 19.3. The highest BCUT2D eigenvalue weighted by Gasteiger charge is 2.12. The van der Waals surface area contributed by atoms with Crippen molar-refractivity contribution in [1.29, 1.82) is 0 Å². The summed E-state index contributed by atoms with van der Waals surface area (Å²) >= 11 is 3.40. The van der Waals surface area contributed by atoms with Crippen LogP contribution >= 0.6 is 15.9 Å². The van der Waals surface area contributed by atoms with Crippen molar-refractivity contribution < 1.29 is 4.52 Å². The topological polar surface area (TPSA) is 73.8 Å². The lowest BCUT2D eigenvalue weighted by Gasteiger charge is -2.08. The molecular formula is C22H19BrN4O2. The van der Waals surface area contributed by atoms with Crippen molar-refractivity contribution in [3.63, 3.8) is 0 Å². The lowest BCUT2D eigenvalue weighted by atomic mass is 10.0. The van der Waals surface area contributed by atoms with Crippen LogP contribution in [0.5, 0.6) is 0 Å². The van der Waals surface area contributed by atoms with E-state index in [0.29, 0.717) is 23.3 Å². The predicted octanol–water partition coefficient (Wildman–Crippen LogP) is 4.89. The van der Waals surface area contributed by atoms with Gasteiger partial charge in [0.1, 0.15) is 6.54 Å². The molecule has 2 aromatic heterocycles. The van der Waals surface area contributed by atoms with E-state index in [1.54, 1.807) is 6.07 Å². The molecule has 29 heavy (non-hydrogen) atoms. The largest absolute Gasteiger partial charge is 0.337 e. The molecule has 0 saturated heterocycles. The van der Waals surface area contributed by atoms with Gasteiger partial charge in [0.25, 0.3) is 5.56 Å². The number of aromatic nitrogens is 4. The van der Waals surface area contributed by atoms with E-state index in [4.69, 9.17) is 4.52 Å². The molecule has 0 spiro atoms. The van der Waals surface area contributed by atoms with Gasteiger partial charge in [-0.05, 0) is 41.8 Å². The normalized spacial score (nSPS) is 11.2. The van der Waals surface area contributed by atoms with Crippen molar-refractivity contribution in [1.82, 2.24) is 19.9 Å². The second-order valence-corrected chi connectivity index (χ2v) is 7.93. The minimum Gasteiger partial charge on any atom is -0.337 e. The van der Waals surface area contributed by atoms with Gasteiger partial charge in [-0.3, -0.25) is 4.79 Å². The van der Waals surface area contributed by atoms with Gasteiger partial charge in [-0.1, -0.05) is 59.2 Å². The molecule has 4 aromatic rings. The zero-order valence-corrected chi connectivity index (χ0v) is 17.6. The van der Waals surface area contributed by atoms with E-state index in [1.807, 2.05) is 36.4 Å². The van der Waals surface area contributed by atoms with Gasteiger partial charge in [0.2, 0.25) is 11.7 Å². The van der Waals surface area contributed by atoms with Crippen LogP contribution in [0.2, 0.25) is 0 Å². The fourth-order valence-corrected chi connectivity index (χ4v) is 3.18. The van der Waals surface area contributed by atoms with E-state index in [0.717, 1.165) is 15.6 Å². The zero-order valence-electron chi connectivity index (χ0n) is 16.0. The maximum atomic E-state index is 12.3. The first-order valence-corrected chi connectivity index (χ1v) is 10.1. The van der Waals surface area contributed by atoms with Crippen molar-refractivity contribution in [3.05, 3.63) is 86.9 Å². The molecule has 0 atom stereocenters. The maximum absolute atomic E-state index is 12.3. The molecule has 0 bridgehead atoms. The average Bonchev–Trinajstić information content (AvgIpc) is 3.19. The van der Waals surface area contributed by atoms with Gasteiger partial charge in [0.05, 0.1) is 5.69 Å². The Balaban J connectivity index is 1.58. The highest BCUT2D eigenvalue weighted by Crippen LogP contribution is 2.21. The number of rotatable bonds is 5. The van der Waals surface area contributed by atoms with Crippen LogP contribution in [0.3, 0.4) is 0 Å². The van der Waals surface area contributed by atoms with E-state index < -0.39 is 0 Å². The van der Waals surface area contributed by atoms with Gasteiger partial charge in [-0.2, -0.15) is 10.1 Å². The smallest absolute Gasteiger partial charge is 0.267 e. The molecule has 0 fully saturated rings. The molecule has 2 heterocycles. The molecule has 0 N–H and O–H groups in total. The predicted molar refractivity (Wildman–Crippen MR) is 115 cm³/mol. The Hall–Kier alpha value is -3.06. The van der Waals surface area contributed by atoms with E-state index in [1.165, 1.54) is 16.3 Å². The van der Waals surface area contributed by atoms with E-state index in [2.05, 4.69) is 57.1 Å². The van der Waals surface area contributed by atoms with Gasteiger partial charge < -0.3 is 4.52 Å². The summed E-state index contributed by atoms with van der Waals surface area (Å²) in [6.07, 6.45) is 0. The molecule has 2 aromatic carbocycles. The molecule has 6 nitrogen and oxygen atoms in total. The maximum Gasteiger partial charge on any atom is 0.267 e. The summed E-state index contributed by atoms with van der Waals surface area (Å²) in [5, 5.41) is 8.48. The van der Waals surface area contributed by atoms with Crippen molar-refractivity contribution in [2.75, 3.05) is 0 Å². The van der Waals surface area contributed by atoms with Crippen LogP contribution < -0.4 is 5.56 Å². The Labute approximate surface area is 176 Å². The summed E-state index contributed by atoms with van der Waals surface area (Å²) in [5.74, 6) is 1.26. The van der Waals surface area contributed by atoms with Crippen LogP contribution in [0, 0.1) is 0 Å². The fraction of sp³-hybridized carbons (Fsp3) is 0.182. The molecule has 0 amide bonds. The van der Waals surface area contributed by atoms with Crippen molar-refractivity contribution in [2.24, 2.45) is 0 Å². The molecule has 0 unspecified atom stereocenters. The first-order valence-electron chi connectivity index (χ1n) is 9.26. The Morgan fingerprint density at radius 3 is 2.34 bits per heavy atom. The van der Waals surface area contributed by atoms with Crippen LogP contribution in [0.25, 0.3) is 22.6 Å². The van der Waals surface area contributed by atoms with Crippen LogP contribution in [-0.4, -0.2) is 19.9 Å². The molecule has 0 aliphatic rings. The standard InChI is InChI=1S/C22H19BrN4O2/c1-14(2)15-3-5-16(6-4-15)19-11-12-21(28)27(25-19)13-20-24-22(26-29-20)17-7-9-18(23)10-8-17/h3-12,14H,13H2,1-2H3. The number of benzene rings is 2. The number of nitrogens with zero attached hydrogens (tertiary/aromatic N) is 4. The summed E-state index contributed by atoms with van der Waals surface area (Å²) in [6.45, 7) is 4.42. The van der Waals surface area contributed by atoms with Gasteiger partial charge in [0.15, 0.2) is 0 Å². The Bertz CT molecular complexity index is 1180. The highest BCUT2D eigenvalue weighted by atomic mass is 79.9. The van der Waals surface area contributed by atoms with Gasteiger partial charge >= 0.3 is 0 Å². The number of hydrogen-bond donors (Lipinski definition) is 0. The molecule has 4 rings (SSSR count). The third kappa shape index (κ3) is 4.35. The second-order valence-electron chi connectivity index (χ2n) is 7.01. The van der Waals surface area contributed by atoms with Crippen LogP contribution in [0.4, 0.5) is 0 Å². The Morgan fingerprint density at radius 2 is 1.66 bits per heavy atom. The molecule has 0 aliphatic heterocycles. The summed E-state index contributed by atoms with van der Waals surface area (Å²) in [7, 11) is 0. The molecule has 146 valence electrons. The Morgan fingerprint density at radius 1 is 0.966 bits per heavy atom. The van der Waals surface area contributed by atoms with E-state index >= 15 is 0 Å². The molecular weight excluding hydrogens is 432 g/mol. The van der Waals surface area contributed by atoms with Crippen molar-refractivity contribution in [3.8, 4) is 22.6 Å². The monoisotopic (exact) mass is 450 g/mol. The fourth-order valence-electron chi connectivity index (χ4n) is 2.92. The molecule has 0 saturated carbocycles. The van der Waals surface area contributed by atoms with Gasteiger partial charge in [-0.25, -0.2) is 4.68 Å². The average molecular weight is 451 g/mol. The minimum atomic E-state index is -0.226. The number of hydrogen-bond acceptors (Lipinski definition) is 5. The summed E-state index contributed by atoms with van der Waals surface area (Å²) < 4.78 is 7.63. The third-order valence-electron chi connectivity index (χ3n) is 4.60. The molecule has 0 aliphatic carbocycles. The zero-order chi connectivity index (χ0) is 20.4. The quantitative estimate of drug-likeness (QED) is 0.432.